The molecule has 2 amide bonds. The predicted octanol–water partition coefficient (Wildman–Crippen LogP) is 3.99. The van der Waals surface area contributed by atoms with Crippen molar-refractivity contribution in [2.45, 2.75) is 18.7 Å². The van der Waals surface area contributed by atoms with Crippen molar-refractivity contribution in [3.8, 4) is 5.75 Å². The van der Waals surface area contributed by atoms with E-state index in [2.05, 4.69) is 25.2 Å². The number of hydrogen-bond acceptors (Lipinski definition) is 8. The zero-order valence-electron chi connectivity index (χ0n) is 17.8. The molecule has 4 aromatic rings. The molecule has 0 fully saturated rings. The Kier molecular flexibility index (Phi) is 6.30. The van der Waals surface area contributed by atoms with Crippen LogP contribution < -0.4 is 10.6 Å². The van der Waals surface area contributed by atoms with Crippen molar-refractivity contribution in [2.75, 3.05) is 16.4 Å². The van der Waals surface area contributed by atoms with Gasteiger partial charge >= 0.3 is 0 Å². The standard InChI is InChI=1S/C21H18ClN5O5S2/c1-3-34(31,32)13-8-15(18(28)16(9-13)25-21(30)19-10(2)26-27-33-19)24-20(29)17-7-11-6-12(22)4-5-14(11)23-17/h4-9,23,28H,3H2,1-2H3,(H,24,29)(H,25,30). The van der Waals surface area contributed by atoms with Crippen molar-refractivity contribution < 1.29 is 23.1 Å². The Balaban J connectivity index is 1.72. The number of aromatic nitrogens is 3. The van der Waals surface area contributed by atoms with Gasteiger partial charge < -0.3 is 20.7 Å². The second kappa shape index (κ2) is 9.05. The minimum absolute atomic E-state index is 0.164. The van der Waals surface area contributed by atoms with Crippen molar-refractivity contribution >= 4 is 67.1 Å². The van der Waals surface area contributed by atoms with Crippen LogP contribution in [0, 0.1) is 6.92 Å². The number of aromatic hydroxyl groups is 1. The molecule has 0 aliphatic carbocycles. The number of carbonyl (C=O) groups is 2. The van der Waals surface area contributed by atoms with Crippen molar-refractivity contribution in [3.05, 3.63) is 57.7 Å². The lowest BCUT2D eigenvalue weighted by Crippen LogP contribution is -2.16. The number of fused-ring (bicyclic) bond motifs is 1. The molecule has 0 spiro atoms. The molecule has 0 aliphatic heterocycles. The maximum Gasteiger partial charge on any atom is 0.272 e. The number of H-pyrrole nitrogens is 1. The number of aromatic amines is 1. The first-order valence-electron chi connectivity index (χ1n) is 9.88. The van der Waals surface area contributed by atoms with Gasteiger partial charge in [0.1, 0.15) is 10.6 Å². The molecule has 2 aromatic carbocycles. The molecule has 0 bridgehead atoms. The summed E-state index contributed by atoms with van der Waals surface area (Å²) in [5, 5.41) is 20.7. The summed E-state index contributed by atoms with van der Waals surface area (Å²) in [6, 6.07) is 8.91. The number of benzene rings is 2. The van der Waals surface area contributed by atoms with E-state index in [1.807, 2.05) is 0 Å². The third-order valence-corrected chi connectivity index (χ3v) is 7.78. The van der Waals surface area contributed by atoms with E-state index >= 15 is 0 Å². The van der Waals surface area contributed by atoms with E-state index in [9.17, 15) is 23.1 Å². The summed E-state index contributed by atoms with van der Waals surface area (Å²) in [5.74, 6) is -1.99. The van der Waals surface area contributed by atoms with Gasteiger partial charge in [0.05, 0.1) is 27.7 Å². The minimum Gasteiger partial charge on any atom is -0.504 e. The maximum atomic E-state index is 12.9. The van der Waals surface area contributed by atoms with Crippen molar-refractivity contribution in [1.82, 2.24) is 14.6 Å². The van der Waals surface area contributed by atoms with Gasteiger partial charge in [-0.1, -0.05) is 23.0 Å². The summed E-state index contributed by atoms with van der Waals surface area (Å²) >= 11 is 6.85. The van der Waals surface area contributed by atoms with Crippen molar-refractivity contribution in [2.24, 2.45) is 0 Å². The molecule has 0 saturated carbocycles. The first-order valence-corrected chi connectivity index (χ1v) is 12.7. The number of amides is 2. The number of halogens is 1. The molecule has 0 radical (unpaired) electrons. The van der Waals surface area contributed by atoms with E-state index in [1.165, 1.54) is 6.92 Å². The van der Waals surface area contributed by atoms with E-state index in [0.29, 0.717) is 21.6 Å². The van der Waals surface area contributed by atoms with Crippen LogP contribution >= 0.6 is 23.1 Å². The number of rotatable bonds is 6. The van der Waals surface area contributed by atoms with Gasteiger partial charge in [0, 0.05) is 15.9 Å². The quantitative estimate of drug-likeness (QED) is 0.281. The Labute approximate surface area is 203 Å². The molecular weight excluding hydrogens is 502 g/mol. The van der Waals surface area contributed by atoms with Crippen LogP contribution in [-0.2, 0) is 9.84 Å². The van der Waals surface area contributed by atoms with Gasteiger partial charge in [-0.15, -0.1) is 5.10 Å². The van der Waals surface area contributed by atoms with Gasteiger partial charge in [0.2, 0.25) is 0 Å². The second-order valence-electron chi connectivity index (χ2n) is 7.28. The molecule has 0 atom stereocenters. The van der Waals surface area contributed by atoms with Crippen LogP contribution in [0.15, 0.2) is 41.3 Å². The number of phenolic OH excluding ortho intramolecular Hbond substituents is 1. The summed E-state index contributed by atoms with van der Waals surface area (Å²) in [7, 11) is -3.74. The van der Waals surface area contributed by atoms with Gasteiger partial charge in [-0.2, -0.15) is 0 Å². The Morgan fingerprint density at radius 1 is 1.12 bits per heavy atom. The molecule has 10 nitrogen and oxygen atoms in total. The van der Waals surface area contributed by atoms with Gasteiger partial charge in [0.15, 0.2) is 15.6 Å². The summed E-state index contributed by atoms with van der Waals surface area (Å²) in [6.07, 6.45) is 0. The highest BCUT2D eigenvalue weighted by molar-refractivity contribution is 7.91. The monoisotopic (exact) mass is 519 g/mol. The van der Waals surface area contributed by atoms with Crippen LogP contribution in [0.25, 0.3) is 10.9 Å². The van der Waals surface area contributed by atoms with Crippen LogP contribution in [0.1, 0.15) is 32.8 Å². The molecule has 34 heavy (non-hydrogen) atoms. The third-order valence-electron chi connectivity index (χ3n) is 5.00. The smallest absolute Gasteiger partial charge is 0.272 e. The Morgan fingerprint density at radius 2 is 1.79 bits per heavy atom. The van der Waals surface area contributed by atoms with Crippen LogP contribution in [0.4, 0.5) is 11.4 Å². The fourth-order valence-corrected chi connectivity index (χ4v) is 4.84. The summed E-state index contributed by atoms with van der Waals surface area (Å²) in [4.78, 5) is 28.5. The number of aryl methyl sites for hydroxylation is 1. The number of nitrogens with zero attached hydrogens (tertiary/aromatic N) is 2. The summed E-state index contributed by atoms with van der Waals surface area (Å²) < 4.78 is 28.8. The van der Waals surface area contributed by atoms with Gasteiger partial charge in [-0.05, 0) is 54.9 Å². The number of carbonyl (C=O) groups excluding carboxylic acids is 2. The average Bonchev–Trinajstić information content (AvgIpc) is 3.41. The fraction of sp³-hybridized carbons (Fsp3) is 0.143. The highest BCUT2D eigenvalue weighted by Gasteiger charge is 2.23. The van der Waals surface area contributed by atoms with Crippen LogP contribution in [-0.4, -0.2) is 45.7 Å². The topological polar surface area (TPSA) is 154 Å². The molecule has 4 rings (SSSR count). The van der Waals surface area contributed by atoms with Crippen LogP contribution in [0.2, 0.25) is 5.02 Å². The second-order valence-corrected chi connectivity index (χ2v) is 10.7. The predicted molar refractivity (Wildman–Crippen MR) is 130 cm³/mol. The third kappa shape index (κ3) is 4.60. The molecule has 0 saturated heterocycles. The molecule has 0 unspecified atom stereocenters. The fourth-order valence-electron chi connectivity index (χ4n) is 3.18. The summed E-state index contributed by atoms with van der Waals surface area (Å²) in [5.41, 5.74) is 0.836. The molecular formula is C21H18ClN5O5S2. The van der Waals surface area contributed by atoms with Crippen LogP contribution in [0.5, 0.6) is 5.75 Å². The minimum atomic E-state index is -3.74. The van der Waals surface area contributed by atoms with Crippen molar-refractivity contribution in [3.63, 3.8) is 0 Å². The lowest BCUT2D eigenvalue weighted by atomic mass is 10.2. The Bertz CT molecular complexity index is 1540. The van der Waals surface area contributed by atoms with E-state index in [1.54, 1.807) is 31.2 Å². The number of sulfone groups is 1. The zero-order chi connectivity index (χ0) is 24.6. The van der Waals surface area contributed by atoms with Crippen LogP contribution in [0.3, 0.4) is 0 Å². The molecule has 13 heteroatoms. The number of hydrogen-bond donors (Lipinski definition) is 4. The lowest BCUT2D eigenvalue weighted by molar-refractivity contribution is 0.101. The average molecular weight is 520 g/mol. The van der Waals surface area contributed by atoms with Crippen molar-refractivity contribution in [1.29, 1.82) is 0 Å². The molecule has 2 heterocycles. The number of phenols is 1. The Hall–Kier alpha value is -3.48. The van der Waals surface area contributed by atoms with Gasteiger partial charge in [-0.25, -0.2) is 8.42 Å². The summed E-state index contributed by atoms with van der Waals surface area (Å²) in [6.45, 7) is 3.05. The normalized spacial score (nSPS) is 11.5. The highest BCUT2D eigenvalue weighted by atomic mass is 35.5. The first-order chi connectivity index (χ1) is 16.1. The number of anilines is 2. The maximum absolute atomic E-state index is 12.9. The Morgan fingerprint density at radius 3 is 2.41 bits per heavy atom. The van der Waals surface area contributed by atoms with E-state index in [4.69, 9.17) is 11.6 Å². The highest BCUT2D eigenvalue weighted by Crippen LogP contribution is 2.36. The van der Waals surface area contributed by atoms with Gasteiger partial charge in [0.25, 0.3) is 11.8 Å². The van der Waals surface area contributed by atoms with E-state index in [0.717, 1.165) is 23.7 Å². The largest absolute Gasteiger partial charge is 0.504 e. The molecule has 0 aliphatic rings. The van der Waals surface area contributed by atoms with E-state index < -0.39 is 27.4 Å². The molecule has 4 N–H and O–H groups in total. The lowest BCUT2D eigenvalue weighted by Gasteiger charge is -2.14. The first kappa shape index (κ1) is 23.7. The molecule has 2 aromatic heterocycles. The SMILES string of the molecule is CCS(=O)(=O)c1cc(NC(=O)c2cc3cc(Cl)ccc3[nH]2)c(O)c(NC(=O)c2snnc2C)c1. The zero-order valence-corrected chi connectivity index (χ0v) is 20.2. The van der Waals surface area contributed by atoms with E-state index in [-0.39, 0.29) is 32.6 Å². The molecule has 176 valence electrons. The number of nitrogens with one attached hydrogen (secondary N) is 3. The van der Waals surface area contributed by atoms with Gasteiger partial charge in [-0.3, -0.25) is 9.59 Å².